The number of aliphatic carboxylic acids is 1. The Morgan fingerprint density at radius 3 is 2.17 bits per heavy atom. The molecule has 18 heavy (non-hydrogen) atoms. The number of rotatable bonds is 7. The first-order valence-electron chi connectivity index (χ1n) is 5.87. The van der Waals surface area contributed by atoms with E-state index in [1.54, 1.807) is 20.8 Å². The standard InChI is InChI=1S/C11H21N3O4/c1-4-11(3,9(16)17)7-14-10(18)13-6-8(15)12-5-2/h4-7H2,1-3H3,(H,12,15)(H,16,17)(H2,13,14,18). The van der Waals surface area contributed by atoms with E-state index in [0.29, 0.717) is 13.0 Å². The number of hydrogen-bond donors (Lipinski definition) is 4. The molecule has 0 spiro atoms. The summed E-state index contributed by atoms with van der Waals surface area (Å²) in [4.78, 5) is 33.4. The van der Waals surface area contributed by atoms with Gasteiger partial charge in [-0.2, -0.15) is 0 Å². The fourth-order valence-electron chi connectivity index (χ4n) is 1.11. The molecule has 1 unspecified atom stereocenters. The predicted octanol–water partition coefficient (Wildman–Crippen LogP) is -0.0774. The van der Waals surface area contributed by atoms with Crippen LogP contribution in [0.3, 0.4) is 0 Å². The number of carbonyl (C=O) groups is 3. The lowest BCUT2D eigenvalue weighted by Gasteiger charge is -2.23. The van der Waals surface area contributed by atoms with Crippen molar-refractivity contribution in [3.8, 4) is 0 Å². The van der Waals surface area contributed by atoms with Gasteiger partial charge in [0.25, 0.3) is 0 Å². The molecule has 0 aliphatic heterocycles. The molecule has 0 bridgehead atoms. The molecule has 1 atom stereocenters. The largest absolute Gasteiger partial charge is 0.481 e. The number of nitrogens with one attached hydrogen (secondary N) is 3. The highest BCUT2D eigenvalue weighted by Crippen LogP contribution is 2.19. The van der Waals surface area contributed by atoms with E-state index in [-0.39, 0.29) is 19.0 Å². The zero-order valence-corrected chi connectivity index (χ0v) is 11.0. The van der Waals surface area contributed by atoms with E-state index in [2.05, 4.69) is 16.0 Å². The molecule has 0 saturated heterocycles. The van der Waals surface area contributed by atoms with Gasteiger partial charge < -0.3 is 21.1 Å². The molecule has 0 heterocycles. The van der Waals surface area contributed by atoms with E-state index in [1.165, 1.54) is 0 Å². The smallest absolute Gasteiger partial charge is 0.315 e. The van der Waals surface area contributed by atoms with Crippen LogP contribution in [0.5, 0.6) is 0 Å². The van der Waals surface area contributed by atoms with Crippen LogP contribution in [0.4, 0.5) is 4.79 Å². The van der Waals surface area contributed by atoms with Gasteiger partial charge in [-0.25, -0.2) is 4.79 Å². The summed E-state index contributed by atoms with van der Waals surface area (Å²) in [5.74, 6) is -1.25. The van der Waals surface area contributed by atoms with E-state index in [9.17, 15) is 14.4 Å². The Hall–Kier alpha value is -1.79. The van der Waals surface area contributed by atoms with Gasteiger partial charge in [-0.05, 0) is 20.3 Å². The highest BCUT2D eigenvalue weighted by atomic mass is 16.4. The molecular weight excluding hydrogens is 238 g/mol. The van der Waals surface area contributed by atoms with Gasteiger partial charge in [-0.15, -0.1) is 0 Å². The predicted molar refractivity (Wildman–Crippen MR) is 66.1 cm³/mol. The van der Waals surface area contributed by atoms with E-state index in [4.69, 9.17) is 5.11 Å². The Morgan fingerprint density at radius 1 is 1.11 bits per heavy atom. The molecule has 0 aromatic rings. The van der Waals surface area contributed by atoms with Gasteiger partial charge in [0, 0.05) is 13.1 Å². The summed E-state index contributed by atoms with van der Waals surface area (Å²) < 4.78 is 0. The maximum atomic E-state index is 11.3. The third kappa shape index (κ3) is 5.51. The molecule has 4 N–H and O–H groups in total. The van der Waals surface area contributed by atoms with Crippen molar-refractivity contribution in [3.63, 3.8) is 0 Å². The van der Waals surface area contributed by atoms with Crippen molar-refractivity contribution in [2.24, 2.45) is 5.41 Å². The van der Waals surface area contributed by atoms with Crippen LogP contribution in [0.2, 0.25) is 0 Å². The first-order valence-corrected chi connectivity index (χ1v) is 5.87. The molecule has 104 valence electrons. The maximum Gasteiger partial charge on any atom is 0.315 e. The third-order valence-corrected chi connectivity index (χ3v) is 2.72. The van der Waals surface area contributed by atoms with Crippen LogP contribution in [0.1, 0.15) is 27.2 Å². The van der Waals surface area contributed by atoms with Gasteiger partial charge >= 0.3 is 12.0 Å². The van der Waals surface area contributed by atoms with Crippen molar-refractivity contribution < 1.29 is 19.5 Å². The van der Waals surface area contributed by atoms with Crippen molar-refractivity contribution in [1.29, 1.82) is 0 Å². The van der Waals surface area contributed by atoms with Crippen LogP contribution in [0.25, 0.3) is 0 Å². The number of hydrogen-bond acceptors (Lipinski definition) is 3. The number of urea groups is 1. The summed E-state index contributed by atoms with van der Waals surface area (Å²) in [6.45, 7) is 5.45. The Bertz CT molecular complexity index is 319. The van der Waals surface area contributed by atoms with Gasteiger partial charge in [0.1, 0.15) is 0 Å². The number of carboxylic acids is 1. The molecule has 7 heteroatoms. The van der Waals surface area contributed by atoms with Gasteiger partial charge in [-0.3, -0.25) is 9.59 Å². The van der Waals surface area contributed by atoms with Crippen molar-refractivity contribution >= 4 is 17.9 Å². The maximum absolute atomic E-state index is 11.3. The summed E-state index contributed by atoms with van der Waals surface area (Å²) in [7, 11) is 0. The lowest BCUT2D eigenvalue weighted by Crippen LogP contribution is -2.46. The number of carbonyl (C=O) groups excluding carboxylic acids is 2. The molecule has 0 aliphatic rings. The Labute approximate surface area is 106 Å². The van der Waals surface area contributed by atoms with Gasteiger partial charge in [0.05, 0.1) is 12.0 Å². The van der Waals surface area contributed by atoms with E-state index >= 15 is 0 Å². The second kappa shape index (κ2) is 7.52. The lowest BCUT2D eigenvalue weighted by molar-refractivity contribution is -0.147. The molecule has 0 rings (SSSR count). The van der Waals surface area contributed by atoms with Gasteiger partial charge in [0.15, 0.2) is 0 Å². The van der Waals surface area contributed by atoms with E-state index in [1.807, 2.05) is 0 Å². The molecule has 7 nitrogen and oxygen atoms in total. The van der Waals surface area contributed by atoms with Crippen LogP contribution < -0.4 is 16.0 Å². The van der Waals surface area contributed by atoms with E-state index in [0.717, 1.165) is 0 Å². The zero-order chi connectivity index (χ0) is 14.2. The monoisotopic (exact) mass is 259 g/mol. The summed E-state index contributed by atoms with van der Waals surface area (Å²) >= 11 is 0. The van der Waals surface area contributed by atoms with Crippen molar-refractivity contribution in [1.82, 2.24) is 16.0 Å². The minimum atomic E-state index is -0.997. The molecule has 0 fully saturated rings. The SMILES string of the molecule is CCNC(=O)CNC(=O)NCC(C)(CC)C(=O)O. The summed E-state index contributed by atoms with van der Waals surface area (Å²) in [5.41, 5.74) is -0.997. The Kier molecular flexibility index (Phi) is 6.77. The first-order chi connectivity index (χ1) is 8.35. The number of carboxylic acid groups (broad SMARTS) is 1. The van der Waals surface area contributed by atoms with Crippen molar-refractivity contribution in [3.05, 3.63) is 0 Å². The first kappa shape index (κ1) is 16.2. The minimum Gasteiger partial charge on any atom is -0.481 e. The molecule has 0 aliphatic carbocycles. The quantitative estimate of drug-likeness (QED) is 0.513. The Balaban J connectivity index is 4.03. The van der Waals surface area contributed by atoms with Crippen LogP contribution in [-0.2, 0) is 9.59 Å². The Morgan fingerprint density at radius 2 is 1.72 bits per heavy atom. The van der Waals surface area contributed by atoms with Crippen LogP contribution in [0, 0.1) is 5.41 Å². The average Bonchev–Trinajstić information content (AvgIpc) is 2.33. The second-order valence-electron chi connectivity index (χ2n) is 4.21. The molecule has 3 amide bonds. The zero-order valence-electron chi connectivity index (χ0n) is 11.0. The van der Waals surface area contributed by atoms with Crippen molar-refractivity contribution in [2.45, 2.75) is 27.2 Å². The highest BCUT2D eigenvalue weighted by Gasteiger charge is 2.31. The highest BCUT2D eigenvalue weighted by molar-refractivity contribution is 5.84. The third-order valence-electron chi connectivity index (χ3n) is 2.72. The molecular formula is C11H21N3O4. The van der Waals surface area contributed by atoms with Gasteiger partial charge in [-0.1, -0.05) is 6.92 Å². The normalized spacial score (nSPS) is 13.3. The fraction of sp³-hybridized carbons (Fsp3) is 0.727. The van der Waals surface area contributed by atoms with Crippen molar-refractivity contribution in [2.75, 3.05) is 19.6 Å². The van der Waals surface area contributed by atoms with E-state index < -0.39 is 17.4 Å². The summed E-state index contributed by atoms with van der Waals surface area (Å²) in [6.07, 6.45) is 0.402. The second-order valence-corrected chi connectivity index (χ2v) is 4.21. The fourth-order valence-corrected chi connectivity index (χ4v) is 1.11. The number of likely N-dealkylation sites (N-methyl/N-ethyl adjacent to an activating group) is 1. The molecule has 0 aromatic heterocycles. The van der Waals surface area contributed by atoms with Gasteiger partial charge in [0.2, 0.25) is 5.91 Å². The average molecular weight is 259 g/mol. The minimum absolute atomic E-state index is 0.0140. The number of amides is 3. The molecule has 0 saturated carbocycles. The molecule has 0 aromatic carbocycles. The molecule has 0 radical (unpaired) electrons. The lowest BCUT2D eigenvalue weighted by atomic mass is 9.88. The van der Waals surface area contributed by atoms with Crippen LogP contribution in [-0.4, -0.2) is 42.6 Å². The van der Waals surface area contributed by atoms with Crippen LogP contribution >= 0.6 is 0 Å². The summed E-state index contributed by atoms with van der Waals surface area (Å²) in [6, 6.07) is -0.554. The summed E-state index contributed by atoms with van der Waals surface area (Å²) in [5, 5.41) is 16.3. The van der Waals surface area contributed by atoms with Crippen LogP contribution in [0.15, 0.2) is 0 Å². The topological polar surface area (TPSA) is 108 Å².